The summed E-state index contributed by atoms with van der Waals surface area (Å²) < 4.78 is 5.62. The van der Waals surface area contributed by atoms with E-state index < -0.39 is 6.04 Å². The molecule has 1 saturated heterocycles. The summed E-state index contributed by atoms with van der Waals surface area (Å²) in [5.41, 5.74) is 3.18. The lowest BCUT2D eigenvalue weighted by Crippen LogP contribution is -2.47. The molecular formula is C30H36N6O4. The molecular weight excluding hydrogens is 508 g/mol. The zero-order valence-electron chi connectivity index (χ0n) is 23.2. The van der Waals surface area contributed by atoms with Crippen molar-refractivity contribution >= 4 is 34.4 Å². The van der Waals surface area contributed by atoms with E-state index >= 15 is 0 Å². The van der Waals surface area contributed by atoms with Gasteiger partial charge in [0.25, 0.3) is 0 Å². The second-order valence-electron chi connectivity index (χ2n) is 10.2. The second-order valence-corrected chi connectivity index (χ2v) is 10.2. The van der Waals surface area contributed by atoms with Gasteiger partial charge in [-0.25, -0.2) is 4.99 Å². The highest BCUT2D eigenvalue weighted by Gasteiger charge is 2.29. The molecule has 1 aliphatic heterocycles. The maximum Gasteiger partial charge on any atom is 0.247 e. The molecule has 3 aromatic rings. The number of hydrogen-bond donors (Lipinski definition) is 4. The van der Waals surface area contributed by atoms with Gasteiger partial charge in [-0.2, -0.15) is 5.26 Å². The molecule has 4 rings (SSSR count). The first-order valence-corrected chi connectivity index (χ1v) is 13.6. The number of guanidine groups is 1. The molecule has 0 saturated carbocycles. The lowest BCUT2D eigenvalue weighted by Gasteiger charge is -2.24. The van der Waals surface area contributed by atoms with E-state index in [1.165, 1.54) is 0 Å². The quantitative estimate of drug-likeness (QED) is 0.145. The molecule has 0 spiro atoms. The molecule has 1 aromatic heterocycles. The van der Waals surface area contributed by atoms with E-state index in [-0.39, 0.29) is 36.1 Å². The summed E-state index contributed by atoms with van der Waals surface area (Å²) in [6.07, 6.45) is 5.22. The number of phenols is 1. The minimum Gasteiger partial charge on any atom is -0.508 e. The molecule has 10 heteroatoms. The van der Waals surface area contributed by atoms with Crippen molar-refractivity contribution in [2.75, 3.05) is 18.4 Å². The largest absolute Gasteiger partial charge is 0.508 e. The highest BCUT2D eigenvalue weighted by molar-refractivity contribution is 5.98. The average Bonchev–Trinajstić information content (AvgIpc) is 3.21. The summed E-state index contributed by atoms with van der Waals surface area (Å²) >= 11 is 0. The van der Waals surface area contributed by atoms with Crippen LogP contribution < -0.4 is 16.0 Å². The third-order valence-electron chi connectivity index (χ3n) is 7.06. The van der Waals surface area contributed by atoms with E-state index in [2.05, 4.69) is 20.9 Å². The first-order valence-electron chi connectivity index (χ1n) is 13.6. The van der Waals surface area contributed by atoms with E-state index in [4.69, 9.17) is 4.42 Å². The Labute approximate surface area is 234 Å². The number of amides is 2. The van der Waals surface area contributed by atoms with Crippen LogP contribution in [0, 0.1) is 25.3 Å². The van der Waals surface area contributed by atoms with E-state index in [1.807, 2.05) is 63.4 Å². The predicted octanol–water partition coefficient (Wildman–Crippen LogP) is 4.11. The van der Waals surface area contributed by atoms with Crippen molar-refractivity contribution in [1.82, 2.24) is 15.5 Å². The highest BCUT2D eigenvalue weighted by atomic mass is 16.3. The SMILES string of the molecule is CCC(Cc1ccc(C)c(O)c1)NC(=O)CN1CCCC[C@H](N=C(NC#N)Nc2ccc3oc(C)cc3c2)C1=O. The lowest BCUT2D eigenvalue weighted by atomic mass is 10.0. The van der Waals surface area contributed by atoms with Crippen LogP contribution in [0.15, 0.2) is 51.9 Å². The second kappa shape index (κ2) is 13.0. The predicted molar refractivity (Wildman–Crippen MR) is 154 cm³/mol. The van der Waals surface area contributed by atoms with Crippen LogP contribution in [0.2, 0.25) is 0 Å². The Kier molecular flexibility index (Phi) is 9.27. The molecule has 2 atom stereocenters. The molecule has 4 N–H and O–H groups in total. The number of rotatable bonds is 8. The van der Waals surface area contributed by atoms with Crippen molar-refractivity contribution in [2.24, 2.45) is 4.99 Å². The van der Waals surface area contributed by atoms with Crippen molar-refractivity contribution in [3.05, 3.63) is 59.4 Å². The van der Waals surface area contributed by atoms with E-state index in [0.29, 0.717) is 31.5 Å². The number of aliphatic imine (C=N–C) groups is 1. The summed E-state index contributed by atoms with van der Waals surface area (Å²) in [6, 6.07) is 12.1. The number of furan rings is 1. The Bertz CT molecular complexity index is 1440. The van der Waals surface area contributed by atoms with E-state index in [0.717, 1.165) is 40.7 Å². The number of fused-ring (bicyclic) bond motifs is 1. The van der Waals surface area contributed by atoms with Crippen LogP contribution in [0.3, 0.4) is 0 Å². The van der Waals surface area contributed by atoms with E-state index in [9.17, 15) is 20.0 Å². The van der Waals surface area contributed by atoms with Gasteiger partial charge < -0.3 is 25.1 Å². The van der Waals surface area contributed by atoms with Gasteiger partial charge in [0.15, 0.2) is 6.19 Å². The number of benzene rings is 2. The third-order valence-corrected chi connectivity index (χ3v) is 7.06. The number of nitriles is 1. The molecule has 0 aliphatic carbocycles. The number of carbonyl (C=O) groups is 2. The molecule has 2 amide bonds. The van der Waals surface area contributed by atoms with Crippen LogP contribution in [0.5, 0.6) is 5.75 Å². The van der Waals surface area contributed by atoms with Gasteiger partial charge in [0.2, 0.25) is 17.8 Å². The van der Waals surface area contributed by atoms with Gasteiger partial charge in [-0.3, -0.25) is 14.9 Å². The molecule has 2 heterocycles. The molecule has 0 bridgehead atoms. The van der Waals surface area contributed by atoms with Crippen LogP contribution in [0.4, 0.5) is 5.69 Å². The standard InChI is InChI=1S/C30H36N6O4/c1-4-23(14-21-9-8-19(2)26(37)15-21)33-28(38)17-36-12-6-5-7-25(29(36)39)35-30(32-18-31)34-24-10-11-27-22(16-24)13-20(3)40-27/h8-11,13,15-16,23,25,37H,4-7,12,14,17H2,1-3H3,(H,33,38)(H2,32,34,35)/t23?,25-/m0/s1. The van der Waals surface area contributed by atoms with Gasteiger partial charge >= 0.3 is 0 Å². The molecule has 40 heavy (non-hydrogen) atoms. The van der Waals surface area contributed by atoms with Crippen molar-refractivity contribution in [3.8, 4) is 11.9 Å². The van der Waals surface area contributed by atoms with Crippen molar-refractivity contribution in [3.63, 3.8) is 0 Å². The topological polar surface area (TPSA) is 143 Å². The molecule has 1 unspecified atom stereocenters. The van der Waals surface area contributed by atoms with Crippen LogP contribution >= 0.6 is 0 Å². The number of nitrogens with zero attached hydrogens (tertiary/aromatic N) is 3. The Morgan fingerprint density at radius 1 is 1.23 bits per heavy atom. The maximum absolute atomic E-state index is 13.4. The fraction of sp³-hybridized carbons (Fsp3) is 0.400. The van der Waals surface area contributed by atoms with Crippen LogP contribution in [0.1, 0.15) is 49.5 Å². The number of aromatic hydroxyl groups is 1. The van der Waals surface area contributed by atoms with Gasteiger partial charge in [0, 0.05) is 23.7 Å². The smallest absolute Gasteiger partial charge is 0.247 e. The minimum absolute atomic E-state index is 0.0640. The van der Waals surface area contributed by atoms with Crippen molar-refractivity contribution in [1.29, 1.82) is 5.26 Å². The first kappa shape index (κ1) is 28.5. The number of aryl methyl sites for hydroxylation is 2. The third kappa shape index (κ3) is 7.32. The fourth-order valence-corrected chi connectivity index (χ4v) is 4.87. The maximum atomic E-state index is 13.4. The molecule has 10 nitrogen and oxygen atoms in total. The van der Waals surface area contributed by atoms with Crippen LogP contribution in [-0.4, -0.2) is 53.0 Å². The minimum atomic E-state index is -0.726. The van der Waals surface area contributed by atoms with Gasteiger partial charge in [-0.05, 0) is 87.4 Å². The monoisotopic (exact) mass is 544 g/mol. The zero-order chi connectivity index (χ0) is 28.6. The molecule has 210 valence electrons. The van der Waals surface area contributed by atoms with Crippen LogP contribution in [0.25, 0.3) is 11.0 Å². The summed E-state index contributed by atoms with van der Waals surface area (Å²) in [5, 5.41) is 28.9. The Balaban J connectivity index is 1.42. The molecule has 1 aliphatic rings. The zero-order valence-corrected chi connectivity index (χ0v) is 23.2. The molecule has 2 aromatic carbocycles. The molecule has 0 radical (unpaired) electrons. The van der Waals surface area contributed by atoms with Gasteiger partial charge in [-0.1, -0.05) is 19.1 Å². The number of nitrogens with one attached hydrogen (secondary N) is 3. The van der Waals surface area contributed by atoms with Crippen molar-refractivity contribution < 1.29 is 19.1 Å². The number of phenolic OH excluding ortho intramolecular Hbond substituents is 1. The van der Waals surface area contributed by atoms with Crippen molar-refractivity contribution in [2.45, 2.75) is 65.0 Å². The summed E-state index contributed by atoms with van der Waals surface area (Å²) in [6.45, 7) is 6.10. The van der Waals surface area contributed by atoms with Gasteiger partial charge in [0.1, 0.15) is 23.1 Å². The fourth-order valence-electron chi connectivity index (χ4n) is 4.87. The summed E-state index contributed by atoms with van der Waals surface area (Å²) in [5.74, 6) is 0.711. The Morgan fingerprint density at radius 3 is 2.80 bits per heavy atom. The lowest BCUT2D eigenvalue weighted by molar-refractivity contribution is -0.136. The van der Waals surface area contributed by atoms with Gasteiger partial charge in [-0.15, -0.1) is 0 Å². The number of hydrogen-bond acceptors (Lipinski definition) is 6. The summed E-state index contributed by atoms with van der Waals surface area (Å²) in [4.78, 5) is 32.5. The molecule has 1 fully saturated rings. The highest BCUT2D eigenvalue weighted by Crippen LogP contribution is 2.23. The average molecular weight is 545 g/mol. The van der Waals surface area contributed by atoms with Gasteiger partial charge in [0.05, 0.1) is 6.54 Å². The Hall–Kier alpha value is -4.52. The summed E-state index contributed by atoms with van der Waals surface area (Å²) in [7, 11) is 0. The first-order chi connectivity index (χ1) is 19.2. The Morgan fingerprint density at radius 2 is 2.05 bits per heavy atom. The normalized spacial score (nSPS) is 16.8. The number of carbonyl (C=O) groups excluding carboxylic acids is 2. The van der Waals surface area contributed by atoms with E-state index in [1.54, 1.807) is 11.0 Å². The number of anilines is 1. The van der Waals surface area contributed by atoms with Crippen LogP contribution in [-0.2, 0) is 16.0 Å². The number of likely N-dealkylation sites (tertiary alicyclic amines) is 1.